The average molecular weight is 344 g/mol. The van der Waals surface area contributed by atoms with Crippen molar-refractivity contribution < 1.29 is 23.9 Å². The number of amides is 2. The molecule has 0 aromatic carbocycles. The molecule has 8 heteroatoms. The van der Waals surface area contributed by atoms with Gasteiger partial charge in [0.15, 0.2) is 12.4 Å². The number of hydrogen-bond donors (Lipinski definition) is 2. The lowest BCUT2D eigenvalue weighted by Gasteiger charge is -2.18. The number of fused-ring (bicyclic) bond motifs is 1. The molecule has 2 heterocycles. The minimum Gasteiger partial charge on any atom is -0.434 e. The van der Waals surface area contributed by atoms with Gasteiger partial charge in [0, 0.05) is 11.0 Å². The zero-order chi connectivity index (χ0) is 16.8. The number of nitrogens with one attached hydrogen (secondary N) is 2. The quantitative estimate of drug-likeness (QED) is 0.395. The summed E-state index contributed by atoms with van der Waals surface area (Å²) in [4.78, 5) is 33.8. The standard InChI is InChI=1S/C15H24N2O5S/c1-9(2)7-21-15(20)22-10(6-18)4-3-5-12-13-11(8-23-12)16-14(19)17-13/h6,9-13H,3-5,7-8H2,1-2H3,(H2,16,17,19)/t10?,11-,12-,13-/m0/s1. The van der Waals surface area contributed by atoms with E-state index in [-0.39, 0.29) is 30.6 Å². The summed E-state index contributed by atoms with van der Waals surface area (Å²) in [6, 6.07) is 0.244. The van der Waals surface area contributed by atoms with Gasteiger partial charge < -0.3 is 20.1 Å². The van der Waals surface area contributed by atoms with Crippen molar-refractivity contribution in [2.45, 2.75) is 56.5 Å². The van der Waals surface area contributed by atoms with Crippen LogP contribution in [0.1, 0.15) is 33.1 Å². The average Bonchev–Trinajstić information content (AvgIpc) is 3.04. The maximum atomic E-state index is 11.5. The molecule has 1 unspecified atom stereocenters. The van der Waals surface area contributed by atoms with E-state index in [2.05, 4.69) is 10.6 Å². The third-order valence-corrected chi connectivity index (χ3v) is 5.36. The van der Waals surface area contributed by atoms with Crippen LogP contribution in [0.5, 0.6) is 0 Å². The van der Waals surface area contributed by atoms with Gasteiger partial charge in [-0.3, -0.25) is 4.79 Å². The first-order chi connectivity index (χ1) is 11.0. The summed E-state index contributed by atoms with van der Waals surface area (Å²) in [5.41, 5.74) is 0. The van der Waals surface area contributed by atoms with Crippen molar-refractivity contribution in [2.75, 3.05) is 12.4 Å². The molecule has 2 rings (SSSR count). The fourth-order valence-electron chi connectivity index (χ4n) is 2.71. The molecular weight excluding hydrogens is 320 g/mol. The van der Waals surface area contributed by atoms with Gasteiger partial charge in [0.2, 0.25) is 0 Å². The first kappa shape index (κ1) is 17.9. The number of carbonyl (C=O) groups is 3. The minimum atomic E-state index is -0.793. The van der Waals surface area contributed by atoms with Crippen LogP contribution in [0.3, 0.4) is 0 Å². The number of hydrogen-bond acceptors (Lipinski definition) is 6. The Kier molecular flexibility index (Phi) is 6.56. The Hall–Kier alpha value is -1.44. The van der Waals surface area contributed by atoms with E-state index in [1.807, 2.05) is 25.6 Å². The van der Waals surface area contributed by atoms with Crippen molar-refractivity contribution in [1.29, 1.82) is 0 Å². The summed E-state index contributed by atoms with van der Waals surface area (Å²) in [5, 5.41) is 6.16. The molecule has 0 aromatic rings. The Bertz CT molecular complexity index is 446. The Labute approximate surface area is 140 Å². The number of ether oxygens (including phenoxy) is 2. The van der Waals surface area contributed by atoms with Gasteiger partial charge in [-0.2, -0.15) is 11.8 Å². The number of aldehydes is 1. The van der Waals surface area contributed by atoms with Gasteiger partial charge in [-0.25, -0.2) is 9.59 Å². The lowest BCUT2D eigenvalue weighted by Crippen LogP contribution is -2.36. The monoisotopic (exact) mass is 344 g/mol. The molecule has 0 saturated carbocycles. The van der Waals surface area contributed by atoms with Gasteiger partial charge >= 0.3 is 12.2 Å². The molecule has 130 valence electrons. The van der Waals surface area contributed by atoms with Crippen LogP contribution >= 0.6 is 11.8 Å². The van der Waals surface area contributed by atoms with E-state index in [4.69, 9.17) is 9.47 Å². The zero-order valence-corrected chi connectivity index (χ0v) is 14.3. The number of rotatable bonds is 8. The Morgan fingerprint density at radius 1 is 1.43 bits per heavy atom. The second kappa shape index (κ2) is 8.42. The van der Waals surface area contributed by atoms with Gasteiger partial charge in [-0.1, -0.05) is 13.8 Å². The van der Waals surface area contributed by atoms with Gasteiger partial charge in [0.25, 0.3) is 0 Å². The first-order valence-electron chi connectivity index (χ1n) is 7.97. The van der Waals surface area contributed by atoms with E-state index in [1.165, 1.54) is 0 Å². The van der Waals surface area contributed by atoms with E-state index in [1.54, 1.807) is 0 Å². The van der Waals surface area contributed by atoms with Crippen LogP contribution in [0, 0.1) is 5.92 Å². The molecule has 0 spiro atoms. The lowest BCUT2D eigenvalue weighted by atomic mass is 10.0. The van der Waals surface area contributed by atoms with Crippen molar-refractivity contribution in [1.82, 2.24) is 10.6 Å². The molecule has 0 aliphatic carbocycles. The van der Waals surface area contributed by atoms with Crippen molar-refractivity contribution in [3.8, 4) is 0 Å². The maximum absolute atomic E-state index is 11.5. The Morgan fingerprint density at radius 3 is 2.91 bits per heavy atom. The van der Waals surface area contributed by atoms with Gasteiger partial charge in [0.05, 0.1) is 18.7 Å². The predicted octanol–water partition coefficient (Wildman–Crippen LogP) is 1.70. The Morgan fingerprint density at radius 2 is 2.22 bits per heavy atom. The molecule has 0 bridgehead atoms. The second-order valence-corrected chi connectivity index (χ2v) is 7.57. The fraction of sp³-hybridized carbons (Fsp3) is 0.800. The zero-order valence-electron chi connectivity index (χ0n) is 13.4. The molecular formula is C15H24N2O5S. The second-order valence-electron chi connectivity index (χ2n) is 6.30. The summed E-state index contributed by atoms with van der Waals surface area (Å²) in [6.45, 7) is 4.13. The van der Waals surface area contributed by atoms with Crippen LogP contribution in [0.4, 0.5) is 9.59 Å². The summed E-state index contributed by atoms with van der Waals surface area (Å²) in [6.07, 6.45) is 1.16. The molecule has 2 saturated heterocycles. The van der Waals surface area contributed by atoms with Crippen LogP contribution in [0.25, 0.3) is 0 Å². The molecule has 23 heavy (non-hydrogen) atoms. The highest BCUT2D eigenvalue weighted by atomic mass is 32.2. The largest absolute Gasteiger partial charge is 0.508 e. The maximum Gasteiger partial charge on any atom is 0.508 e. The topological polar surface area (TPSA) is 93.7 Å². The summed E-state index contributed by atoms with van der Waals surface area (Å²) >= 11 is 1.82. The van der Waals surface area contributed by atoms with E-state index in [0.717, 1.165) is 18.6 Å². The number of carbonyl (C=O) groups excluding carboxylic acids is 3. The molecule has 0 aromatic heterocycles. The van der Waals surface area contributed by atoms with Crippen molar-refractivity contribution in [2.24, 2.45) is 5.92 Å². The van der Waals surface area contributed by atoms with Crippen LogP contribution in [0.15, 0.2) is 0 Å². The van der Waals surface area contributed by atoms with E-state index in [0.29, 0.717) is 18.0 Å². The van der Waals surface area contributed by atoms with Crippen LogP contribution in [-0.4, -0.2) is 54.3 Å². The third-order valence-electron chi connectivity index (χ3n) is 3.85. The van der Waals surface area contributed by atoms with E-state index < -0.39 is 12.3 Å². The van der Waals surface area contributed by atoms with Crippen molar-refractivity contribution in [3.05, 3.63) is 0 Å². The van der Waals surface area contributed by atoms with Crippen LogP contribution in [-0.2, 0) is 14.3 Å². The minimum absolute atomic E-state index is 0.104. The molecule has 4 atom stereocenters. The molecule has 2 aliphatic rings. The highest BCUT2D eigenvalue weighted by molar-refractivity contribution is 8.00. The smallest absolute Gasteiger partial charge is 0.434 e. The SMILES string of the molecule is CC(C)COC(=O)OC(C=O)CCC[C@@H]1SC[C@@H]2NC(=O)N[C@@H]21. The fourth-order valence-corrected chi connectivity index (χ4v) is 4.25. The van der Waals surface area contributed by atoms with E-state index >= 15 is 0 Å². The molecule has 7 nitrogen and oxygen atoms in total. The van der Waals surface area contributed by atoms with Crippen molar-refractivity contribution in [3.63, 3.8) is 0 Å². The lowest BCUT2D eigenvalue weighted by molar-refractivity contribution is -0.117. The highest BCUT2D eigenvalue weighted by Crippen LogP contribution is 2.33. The van der Waals surface area contributed by atoms with Gasteiger partial charge in [-0.05, 0) is 25.2 Å². The Balaban J connectivity index is 1.66. The third kappa shape index (κ3) is 5.30. The van der Waals surface area contributed by atoms with Gasteiger partial charge in [-0.15, -0.1) is 0 Å². The molecule has 2 aliphatic heterocycles. The van der Waals surface area contributed by atoms with Crippen molar-refractivity contribution >= 4 is 30.2 Å². The number of urea groups is 1. The van der Waals surface area contributed by atoms with E-state index in [9.17, 15) is 14.4 Å². The summed E-state index contributed by atoms with van der Waals surface area (Å²) in [7, 11) is 0. The first-order valence-corrected chi connectivity index (χ1v) is 9.01. The normalized spacial score (nSPS) is 27.1. The van der Waals surface area contributed by atoms with Crippen LogP contribution < -0.4 is 10.6 Å². The summed E-state index contributed by atoms with van der Waals surface area (Å²) in [5.74, 6) is 1.13. The highest BCUT2D eigenvalue weighted by Gasteiger charge is 2.42. The molecule has 2 fully saturated rings. The van der Waals surface area contributed by atoms with Gasteiger partial charge in [0.1, 0.15) is 0 Å². The molecule has 2 N–H and O–H groups in total. The number of thioether (sulfide) groups is 1. The predicted molar refractivity (Wildman–Crippen MR) is 86.5 cm³/mol. The van der Waals surface area contributed by atoms with Crippen LogP contribution in [0.2, 0.25) is 0 Å². The summed E-state index contributed by atoms with van der Waals surface area (Å²) < 4.78 is 9.90. The molecule has 2 amide bonds. The molecule has 0 radical (unpaired) electrons.